The lowest BCUT2D eigenvalue weighted by Crippen LogP contribution is -2.41. The number of aliphatic hydroxyl groups is 1. The van der Waals surface area contributed by atoms with Crippen LogP contribution in [0.3, 0.4) is 0 Å². The van der Waals surface area contributed by atoms with Crippen molar-refractivity contribution in [3.8, 4) is 0 Å². The van der Waals surface area contributed by atoms with Crippen molar-refractivity contribution in [1.82, 2.24) is 10.3 Å². The van der Waals surface area contributed by atoms with Gasteiger partial charge >= 0.3 is 5.82 Å². The average Bonchev–Trinajstić information content (AvgIpc) is 2.74. The van der Waals surface area contributed by atoms with Crippen molar-refractivity contribution in [2.75, 3.05) is 6.61 Å². The molecule has 0 fully saturated rings. The van der Waals surface area contributed by atoms with Gasteiger partial charge in [-0.25, -0.2) is 4.98 Å². The van der Waals surface area contributed by atoms with E-state index < -0.39 is 10.8 Å². The fourth-order valence-corrected chi connectivity index (χ4v) is 1.29. The van der Waals surface area contributed by atoms with Crippen molar-refractivity contribution in [2.45, 2.75) is 19.9 Å². The molecule has 7 nitrogen and oxygen atoms in total. The van der Waals surface area contributed by atoms with E-state index in [4.69, 9.17) is 5.11 Å². The average molecular weight is 241 g/mol. The van der Waals surface area contributed by atoms with Crippen molar-refractivity contribution in [1.29, 1.82) is 0 Å². The molecule has 3 N–H and O–H groups in total. The predicted octanol–water partition coefficient (Wildman–Crippen LogP) is 0.670. The van der Waals surface area contributed by atoms with E-state index in [1.165, 1.54) is 12.1 Å². The fourth-order valence-electron chi connectivity index (χ4n) is 1.29. The molecule has 1 atom stereocenters. The summed E-state index contributed by atoms with van der Waals surface area (Å²) in [6.45, 7) is 3.54. The lowest BCUT2D eigenvalue weighted by Gasteiger charge is -2.18. The normalized spacial score (nSPS) is 12.5. The third-order valence-electron chi connectivity index (χ3n) is 2.43. The van der Waals surface area contributed by atoms with Crippen molar-refractivity contribution in [3.63, 3.8) is 0 Å². The first-order valence-electron chi connectivity index (χ1n) is 5.20. The molecule has 1 aromatic heterocycles. The van der Waals surface area contributed by atoms with Gasteiger partial charge in [0.1, 0.15) is 0 Å². The number of aliphatic hydroxyl groups excluding tert-OH is 1. The third-order valence-corrected chi connectivity index (χ3v) is 2.43. The van der Waals surface area contributed by atoms with Gasteiger partial charge in [-0.15, -0.1) is 0 Å². The second-order valence-corrected chi connectivity index (χ2v) is 4.02. The van der Waals surface area contributed by atoms with Crippen LogP contribution in [0.1, 0.15) is 24.3 Å². The molecule has 1 heterocycles. The molecule has 0 saturated carbocycles. The van der Waals surface area contributed by atoms with Crippen molar-refractivity contribution >= 4 is 11.7 Å². The fraction of sp³-hybridized carbons (Fsp3) is 0.500. The first-order chi connectivity index (χ1) is 7.95. The molecule has 0 unspecified atom stereocenters. The highest BCUT2D eigenvalue weighted by atomic mass is 16.6. The zero-order valence-corrected chi connectivity index (χ0v) is 9.64. The number of aromatic amines is 1. The number of H-pyrrole nitrogens is 1. The Hall–Kier alpha value is -1.89. The molecule has 0 saturated heterocycles. The predicted molar refractivity (Wildman–Crippen MR) is 60.6 cm³/mol. The Labute approximate surface area is 98.0 Å². The van der Waals surface area contributed by atoms with Crippen LogP contribution in [0, 0.1) is 16.0 Å². The van der Waals surface area contributed by atoms with Gasteiger partial charge in [0, 0.05) is 6.07 Å². The van der Waals surface area contributed by atoms with E-state index in [-0.39, 0.29) is 30.1 Å². The quantitative estimate of drug-likeness (QED) is 0.520. The van der Waals surface area contributed by atoms with Crippen LogP contribution in [-0.2, 0) is 0 Å². The number of rotatable bonds is 5. The van der Waals surface area contributed by atoms with Crippen LogP contribution in [0.25, 0.3) is 0 Å². The summed E-state index contributed by atoms with van der Waals surface area (Å²) < 4.78 is 0. The molecular formula is C10H15N3O4. The second kappa shape index (κ2) is 5.44. The van der Waals surface area contributed by atoms with E-state index in [0.717, 1.165) is 0 Å². The second-order valence-electron chi connectivity index (χ2n) is 4.02. The Balaban J connectivity index is 2.72. The molecule has 17 heavy (non-hydrogen) atoms. The van der Waals surface area contributed by atoms with E-state index >= 15 is 0 Å². The number of nitro groups is 1. The van der Waals surface area contributed by atoms with Gasteiger partial charge in [-0.05, 0) is 16.9 Å². The number of hydrogen-bond acceptors (Lipinski definition) is 4. The van der Waals surface area contributed by atoms with Crippen molar-refractivity contribution < 1.29 is 14.8 Å². The number of amides is 1. The highest BCUT2D eigenvalue weighted by Crippen LogP contribution is 2.10. The highest BCUT2D eigenvalue weighted by Gasteiger charge is 2.20. The Morgan fingerprint density at radius 2 is 2.24 bits per heavy atom. The largest absolute Gasteiger partial charge is 0.394 e. The summed E-state index contributed by atoms with van der Waals surface area (Å²) in [7, 11) is 0. The molecule has 0 aromatic carbocycles. The van der Waals surface area contributed by atoms with Crippen LogP contribution in [0.4, 0.5) is 5.82 Å². The maximum Gasteiger partial charge on any atom is 0.321 e. The molecule has 0 spiro atoms. The molecular weight excluding hydrogens is 226 g/mol. The van der Waals surface area contributed by atoms with E-state index in [1.807, 2.05) is 13.8 Å². The molecule has 94 valence electrons. The van der Waals surface area contributed by atoms with Crippen LogP contribution < -0.4 is 5.32 Å². The molecule has 0 aliphatic carbocycles. The molecule has 1 rings (SSSR count). The van der Waals surface area contributed by atoms with Gasteiger partial charge < -0.3 is 20.5 Å². The maximum atomic E-state index is 11.7. The van der Waals surface area contributed by atoms with Gasteiger partial charge in [0.2, 0.25) is 0 Å². The number of nitrogens with one attached hydrogen (secondary N) is 2. The first kappa shape index (κ1) is 13.2. The van der Waals surface area contributed by atoms with Gasteiger partial charge in [-0.1, -0.05) is 13.8 Å². The zero-order valence-electron chi connectivity index (χ0n) is 9.64. The number of hydrogen-bond donors (Lipinski definition) is 3. The lowest BCUT2D eigenvalue weighted by atomic mass is 10.1. The molecule has 0 aliphatic heterocycles. The topological polar surface area (TPSA) is 108 Å². The monoisotopic (exact) mass is 241 g/mol. The van der Waals surface area contributed by atoms with Crippen LogP contribution in [-0.4, -0.2) is 33.6 Å². The molecule has 1 aromatic rings. The van der Waals surface area contributed by atoms with Gasteiger partial charge in [-0.3, -0.25) is 4.79 Å². The number of nitrogens with zero attached hydrogens (tertiary/aromatic N) is 1. The number of aromatic nitrogens is 1. The Bertz CT molecular complexity index is 413. The van der Waals surface area contributed by atoms with Crippen molar-refractivity contribution in [3.05, 3.63) is 27.9 Å². The van der Waals surface area contributed by atoms with Gasteiger partial charge in [-0.2, -0.15) is 0 Å². The zero-order chi connectivity index (χ0) is 13.0. The Morgan fingerprint density at radius 1 is 1.59 bits per heavy atom. The van der Waals surface area contributed by atoms with Gasteiger partial charge in [0.05, 0.1) is 12.6 Å². The van der Waals surface area contributed by atoms with E-state index in [1.54, 1.807) is 0 Å². The lowest BCUT2D eigenvalue weighted by molar-refractivity contribution is -0.389. The summed E-state index contributed by atoms with van der Waals surface area (Å²) in [5.41, 5.74) is 0.107. The van der Waals surface area contributed by atoms with Gasteiger partial charge in [0.25, 0.3) is 5.91 Å². The summed E-state index contributed by atoms with van der Waals surface area (Å²) in [5, 5.41) is 22.1. The smallest absolute Gasteiger partial charge is 0.321 e. The molecule has 7 heteroatoms. The SMILES string of the molecule is CC(C)[C@@H](CO)NC(=O)c1ccc([N+](=O)[O-])[nH]1. The van der Waals surface area contributed by atoms with Crippen LogP contribution in [0.2, 0.25) is 0 Å². The molecule has 0 radical (unpaired) electrons. The van der Waals surface area contributed by atoms with Crippen LogP contribution in [0.15, 0.2) is 12.1 Å². The first-order valence-corrected chi connectivity index (χ1v) is 5.20. The standard InChI is InChI=1S/C10H15N3O4/c1-6(2)8(5-14)12-10(15)7-3-4-9(11-7)13(16)17/h3-4,6,8,11,14H,5H2,1-2H3,(H,12,15)/t8-/m1/s1. The summed E-state index contributed by atoms with van der Waals surface area (Å²) in [4.78, 5) is 23.9. The number of carbonyl (C=O) groups is 1. The minimum atomic E-state index is -0.608. The van der Waals surface area contributed by atoms with E-state index in [2.05, 4.69) is 10.3 Å². The minimum Gasteiger partial charge on any atom is -0.394 e. The maximum absolute atomic E-state index is 11.7. The molecule has 0 aliphatic rings. The Morgan fingerprint density at radius 3 is 2.65 bits per heavy atom. The van der Waals surface area contributed by atoms with Crippen molar-refractivity contribution in [2.24, 2.45) is 5.92 Å². The summed E-state index contributed by atoms with van der Waals surface area (Å²) in [6, 6.07) is 2.19. The van der Waals surface area contributed by atoms with Gasteiger partial charge in [0.15, 0.2) is 5.69 Å². The minimum absolute atomic E-state index is 0.0777. The van der Waals surface area contributed by atoms with Crippen LogP contribution >= 0.6 is 0 Å². The summed E-state index contributed by atoms with van der Waals surface area (Å²) in [6.07, 6.45) is 0. The summed E-state index contributed by atoms with van der Waals surface area (Å²) >= 11 is 0. The molecule has 1 amide bonds. The third kappa shape index (κ3) is 3.28. The summed E-state index contributed by atoms with van der Waals surface area (Å²) in [5.74, 6) is -0.625. The van der Waals surface area contributed by atoms with E-state index in [0.29, 0.717) is 0 Å². The highest BCUT2D eigenvalue weighted by molar-refractivity contribution is 5.93. The number of carbonyl (C=O) groups excluding carboxylic acids is 1. The molecule has 0 bridgehead atoms. The Kier molecular flexibility index (Phi) is 4.22. The van der Waals surface area contributed by atoms with Crippen LogP contribution in [0.5, 0.6) is 0 Å². The van der Waals surface area contributed by atoms with E-state index in [9.17, 15) is 14.9 Å².